The zero-order chi connectivity index (χ0) is 17.8. The van der Waals surface area contributed by atoms with Gasteiger partial charge in [-0.1, -0.05) is 24.3 Å². The van der Waals surface area contributed by atoms with E-state index in [0.29, 0.717) is 0 Å². The van der Waals surface area contributed by atoms with Crippen molar-refractivity contribution in [3.63, 3.8) is 0 Å². The number of rotatable bonds is 6. The van der Waals surface area contributed by atoms with Gasteiger partial charge in [-0.2, -0.15) is 0 Å². The number of thioether (sulfide) groups is 1. The van der Waals surface area contributed by atoms with E-state index in [0.717, 1.165) is 51.3 Å². The van der Waals surface area contributed by atoms with Gasteiger partial charge in [-0.15, -0.1) is 11.8 Å². The van der Waals surface area contributed by atoms with Crippen molar-refractivity contribution in [3.8, 4) is 0 Å². The maximum atomic E-state index is 4.49. The summed E-state index contributed by atoms with van der Waals surface area (Å²) in [6.45, 7) is 7.76. The fraction of sp³-hybridized carbons (Fsp3) is 0.381. The van der Waals surface area contributed by atoms with Crippen LogP contribution in [0, 0.1) is 0 Å². The van der Waals surface area contributed by atoms with Crippen LogP contribution < -0.4 is 0 Å². The summed E-state index contributed by atoms with van der Waals surface area (Å²) < 4.78 is 2.27. The minimum Gasteiger partial charge on any atom is -0.329 e. The van der Waals surface area contributed by atoms with Crippen LogP contribution in [0.1, 0.15) is 5.56 Å². The molecule has 5 heteroatoms. The zero-order valence-corrected chi connectivity index (χ0v) is 16.2. The SMILES string of the molecule is CSc1ccc(CN2CCN(CCn3cnc4ccccc43)CC2)cc1. The summed E-state index contributed by atoms with van der Waals surface area (Å²) >= 11 is 1.80. The van der Waals surface area contributed by atoms with E-state index in [2.05, 4.69) is 68.1 Å². The summed E-state index contributed by atoms with van der Waals surface area (Å²) in [6, 6.07) is 17.4. The highest BCUT2D eigenvalue weighted by atomic mass is 32.2. The van der Waals surface area contributed by atoms with Gasteiger partial charge >= 0.3 is 0 Å². The third-order valence-electron chi connectivity index (χ3n) is 5.21. The summed E-state index contributed by atoms with van der Waals surface area (Å²) in [5.41, 5.74) is 3.74. The van der Waals surface area contributed by atoms with E-state index >= 15 is 0 Å². The van der Waals surface area contributed by atoms with Gasteiger partial charge < -0.3 is 4.57 Å². The maximum absolute atomic E-state index is 4.49. The Morgan fingerprint density at radius 1 is 0.885 bits per heavy atom. The van der Waals surface area contributed by atoms with E-state index in [9.17, 15) is 0 Å². The van der Waals surface area contributed by atoms with Crippen molar-refractivity contribution in [2.75, 3.05) is 39.0 Å². The number of fused-ring (bicyclic) bond motifs is 1. The molecule has 2 heterocycles. The molecule has 0 aliphatic carbocycles. The van der Waals surface area contributed by atoms with Gasteiger partial charge in [0.1, 0.15) is 0 Å². The largest absolute Gasteiger partial charge is 0.329 e. The van der Waals surface area contributed by atoms with E-state index in [1.807, 2.05) is 12.4 Å². The number of benzene rings is 2. The lowest BCUT2D eigenvalue weighted by atomic mass is 10.2. The van der Waals surface area contributed by atoms with Gasteiger partial charge in [-0.3, -0.25) is 9.80 Å². The molecule has 3 aromatic rings. The second kappa shape index (κ2) is 8.25. The van der Waals surface area contributed by atoms with Crippen molar-refractivity contribution < 1.29 is 0 Å². The fourth-order valence-electron chi connectivity index (χ4n) is 3.60. The van der Waals surface area contributed by atoms with Crippen molar-refractivity contribution >= 4 is 22.8 Å². The lowest BCUT2D eigenvalue weighted by molar-refractivity contribution is 0.124. The van der Waals surface area contributed by atoms with Crippen LogP contribution in [0.25, 0.3) is 11.0 Å². The normalized spacial score (nSPS) is 16.3. The molecule has 0 unspecified atom stereocenters. The molecule has 1 aromatic heterocycles. The predicted octanol–water partition coefficient (Wildman–Crippen LogP) is 3.58. The zero-order valence-electron chi connectivity index (χ0n) is 15.3. The monoisotopic (exact) mass is 366 g/mol. The maximum Gasteiger partial charge on any atom is 0.0958 e. The minimum absolute atomic E-state index is 1.01. The Kier molecular flexibility index (Phi) is 5.58. The van der Waals surface area contributed by atoms with Gasteiger partial charge in [0.25, 0.3) is 0 Å². The number of aromatic nitrogens is 2. The fourth-order valence-corrected chi connectivity index (χ4v) is 4.01. The average Bonchev–Trinajstić information content (AvgIpc) is 3.11. The van der Waals surface area contributed by atoms with Gasteiger partial charge in [0.15, 0.2) is 0 Å². The summed E-state index contributed by atoms with van der Waals surface area (Å²) in [4.78, 5) is 11.0. The molecule has 0 bridgehead atoms. The first-order chi connectivity index (χ1) is 12.8. The second-order valence-corrected chi connectivity index (χ2v) is 7.77. The number of imidazole rings is 1. The van der Waals surface area contributed by atoms with Gasteiger partial charge in [0.2, 0.25) is 0 Å². The molecule has 0 spiro atoms. The minimum atomic E-state index is 1.01. The molecule has 0 atom stereocenters. The van der Waals surface area contributed by atoms with Gasteiger partial charge in [0.05, 0.1) is 17.4 Å². The van der Waals surface area contributed by atoms with Crippen LogP contribution in [0.2, 0.25) is 0 Å². The molecule has 136 valence electrons. The average molecular weight is 367 g/mol. The predicted molar refractivity (Wildman–Crippen MR) is 110 cm³/mol. The van der Waals surface area contributed by atoms with Crippen LogP contribution in [0.4, 0.5) is 0 Å². The van der Waals surface area contributed by atoms with Crippen molar-refractivity contribution in [2.45, 2.75) is 18.0 Å². The molecule has 4 nitrogen and oxygen atoms in total. The summed E-state index contributed by atoms with van der Waals surface area (Å²) in [5.74, 6) is 0. The first kappa shape index (κ1) is 17.6. The third-order valence-corrected chi connectivity index (χ3v) is 5.96. The van der Waals surface area contributed by atoms with Crippen LogP contribution in [-0.2, 0) is 13.1 Å². The Hall–Kier alpha value is -1.82. The van der Waals surface area contributed by atoms with Crippen LogP contribution in [0.5, 0.6) is 0 Å². The van der Waals surface area contributed by atoms with Gasteiger partial charge in [-0.05, 0) is 36.1 Å². The Labute approximate surface area is 159 Å². The van der Waals surface area contributed by atoms with E-state index in [1.54, 1.807) is 11.8 Å². The highest BCUT2D eigenvalue weighted by molar-refractivity contribution is 7.98. The molecule has 2 aromatic carbocycles. The molecule has 0 amide bonds. The van der Waals surface area contributed by atoms with Crippen LogP contribution in [-0.4, -0.2) is 58.3 Å². The highest BCUT2D eigenvalue weighted by Gasteiger charge is 2.17. The molecule has 1 aliphatic rings. The molecule has 1 fully saturated rings. The molecular formula is C21H26N4S. The van der Waals surface area contributed by atoms with Crippen LogP contribution in [0.3, 0.4) is 0 Å². The van der Waals surface area contributed by atoms with Crippen molar-refractivity contribution in [3.05, 3.63) is 60.4 Å². The molecule has 0 N–H and O–H groups in total. The van der Waals surface area contributed by atoms with E-state index in [-0.39, 0.29) is 0 Å². The number of hydrogen-bond donors (Lipinski definition) is 0. The Balaban J connectivity index is 1.25. The Morgan fingerprint density at radius 3 is 2.38 bits per heavy atom. The quantitative estimate of drug-likeness (QED) is 0.623. The van der Waals surface area contributed by atoms with E-state index in [1.165, 1.54) is 16.0 Å². The lowest BCUT2D eigenvalue weighted by Gasteiger charge is -2.34. The van der Waals surface area contributed by atoms with Crippen LogP contribution >= 0.6 is 11.8 Å². The first-order valence-corrected chi connectivity index (χ1v) is 10.5. The Morgan fingerprint density at radius 2 is 1.62 bits per heavy atom. The summed E-state index contributed by atoms with van der Waals surface area (Å²) in [6.07, 6.45) is 4.10. The van der Waals surface area contributed by atoms with Crippen molar-refractivity contribution in [1.82, 2.24) is 19.4 Å². The Bertz CT molecular complexity index is 835. The number of para-hydroxylation sites is 2. The van der Waals surface area contributed by atoms with Crippen molar-refractivity contribution in [2.24, 2.45) is 0 Å². The highest BCUT2D eigenvalue weighted by Crippen LogP contribution is 2.17. The molecule has 1 aliphatic heterocycles. The lowest BCUT2D eigenvalue weighted by Crippen LogP contribution is -2.46. The molecule has 0 radical (unpaired) electrons. The van der Waals surface area contributed by atoms with E-state index in [4.69, 9.17) is 0 Å². The molecule has 0 saturated carbocycles. The smallest absolute Gasteiger partial charge is 0.0958 e. The summed E-state index contributed by atoms with van der Waals surface area (Å²) in [7, 11) is 0. The second-order valence-electron chi connectivity index (χ2n) is 6.89. The number of piperazine rings is 1. The number of hydrogen-bond acceptors (Lipinski definition) is 4. The molecule has 1 saturated heterocycles. The molecular weight excluding hydrogens is 340 g/mol. The van der Waals surface area contributed by atoms with Crippen molar-refractivity contribution in [1.29, 1.82) is 0 Å². The van der Waals surface area contributed by atoms with Crippen LogP contribution in [0.15, 0.2) is 59.8 Å². The topological polar surface area (TPSA) is 24.3 Å². The summed E-state index contributed by atoms with van der Waals surface area (Å²) in [5, 5.41) is 0. The number of nitrogens with zero attached hydrogens (tertiary/aromatic N) is 4. The first-order valence-electron chi connectivity index (χ1n) is 9.29. The van der Waals surface area contributed by atoms with Gasteiger partial charge in [-0.25, -0.2) is 4.98 Å². The van der Waals surface area contributed by atoms with E-state index < -0.39 is 0 Å². The molecule has 4 rings (SSSR count). The standard InChI is InChI=1S/C21H26N4S/c1-26-19-8-6-18(7-9-19)16-24-12-10-23(11-13-24)14-15-25-17-22-20-4-2-3-5-21(20)25/h2-9,17H,10-16H2,1H3. The molecule has 26 heavy (non-hydrogen) atoms. The third kappa shape index (κ3) is 4.11. The van der Waals surface area contributed by atoms with Gasteiger partial charge in [0, 0.05) is 50.7 Å².